The van der Waals surface area contributed by atoms with Crippen molar-refractivity contribution in [3.8, 4) is 5.75 Å². The molecule has 4 heteroatoms. The fourth-order valence-corrected chi connectivity index (χ4v) is 2.52. The first-order chi connectivity index (χ1) is 8.86. The van der Waals surface area contributed by atoms with Crippen LogP contribution in [0.5, 0.6) is 5.75 Å². The minimum Gasteiger partial charge on any atom is -0.496 e. The second-order valence-corrected chi connectivity index (χ2v) is 4.58. The van der Waals surface area contributed by atoms with Crippen LogP contribution in [0.1, 0.15) is 18.0 Å². The van der Waals surface area contributed by atoms with E-state index in [-0.39, 0.29) is 12.4 Å². The molecule has 1 atom stereocenters. The molecule has 1 fully saturated rings. The second-order valence-electron chi connectivity index (χ2n) is 4.58. The first-order valence-electron chi connectivity index (χ1n) is 6.55. The molecular formula is C15H23ClN2O. The molecule has 106 valence electrons. The third kappa shape index (κ3) is 3.96. The third-order valence-corrected chi connectivity index (χ3v) is 3.47. The van der Waals surface area contributed by atoms with Crippen LogP contribution in [-0.4, -0.2) is 38.2 Å². The van der Waals surface area contributed by atoms with E-state index in [2.05, 4.69) is 28.9 Å². The summed E-state index contributed by atoms with van der Waals surface area (Å²) < 4.78 is 5.48. The molecule has 1 aromatic carbocycles. The van der Waals surface area contributed by atoms with Gasteiger partial charge in [-0.25, -0.2) is 0 Å². The highest BCUT2D eigenvalue weighted by Crippen LogP contribution is 2.30. The van der Waals surface area contributed by atoms with Gasteiger partial charge in [0.2, 0.25) is 0 Å². The SMILES string of the molecule is C=CCCN1CCNCC1c1ccccc1OC.Cl. The number of halogens is 1. The summed E-state index contributed by atoms with van der Waals surface area (Å²) in [6.45, 7) is 7.99. The van der Waals surface area contributed by atoms with Crippen molar-refractivity contribution >= 4 is 12.4 Å². The molecule has 1 aromatic rings. The highest BCUT2D eigenvalue weighted by molar-refractivity contribution is 5.85. The molecule has 1 heterocycles. The molecule has 1 aliphatic heterocycles. The summed E-state index contributed by atoms with van der Waals surface area (Å²) in [6.07, 6.45) is 3.02. The fraction of sp³-hybridized carbons (Fsp3) is 0.467. The van der Waals surface area contributed by atoms with E-state index in [4.69, 9.17) is 4.74 Å². The molecule has 0 saturated carbocycles. The molecule has 0 radical (unpaired) electrons. The first kappa shape index (κ1) is 16.0. The summed E-state index contributed by atoms with van der Waals surface area (Å²) in [6, 6.07) is 8.70. The Balaban J connectivity index is 0.00000180. The van der Waals surface area contributed by atoms with E-state index in [0.29, 0.717) is 6.04 Å². The highest BCUT2D eigenvalue weighted by Gasteiger charge is 2.25. The Hall–Kier alpha value is -1.03. The molecule has 0 amide bonds. The number of benzene rings is 1. The van der Waals surface area contributed by atoms with Crippen molar-refractivity contribution in [3.05, 3.63) is 42.5 Å². The van der Waals surface area contributed by atoms with Gasteiger partial charge in [-0.2, -0.15) is 0 Å². The summed E-state index contributed by atoms with van der Waals surface area (Å²) in [5.74, 6) is 0.981. The Morgan fingerprint density at radius 3 is 3.00 bits per heavy atom. The van der Waals surface area contributed by atoms with Crippen molar-refractivity contribution in [2.24, 2.45) is 0 Å². The van der Waals surface area contributed by atoms with E-state index in [1.807, 2.05) is 18.2 Å². The molecular weight excluding hydrogens is 260 g/mol. The van der Waals surface area contributed by atoms with Gasteiger partial charge in [0.25, 0.3) is 0 Å². The van der Waals surface area contributed by atoms with Crippen LogP contribution in [0.15, 0.2) is 36.9 Å². The number of piperazine rings is 1. The number of hydrogen-bond donors (Lipinski definition) is 1. The first-order valence-corrected chi connectivity index (χ1v) is 6.55. The van der Waals surface area contributed by atoms with Crippen LogP contribution >= 0.6 is 12.4 Å². The average Bonchev–Trinajstić information content (AvgIpc) is 2.45. The van der Waals surface area contributed by atoms with Crippen LogP contribution in [0.25, 0.3) is 0 Å². The van der Waals surface area contributed by atoms with Crippen molar-refractivity contribution in [2.75, 3.05) is 33.3 Å². The van der Waals surface area contributed by atoms with Gasteiger partial charge in [0.15, 0.2) is 0 Å². The summed E-state index contributed by atoms with van der Waals surface area (Å²) in [5.41, 5.74) is 1.27. The van der Waals surface area contributed by atoms with Gasteiger partial charge in [-0.15, -0.1) is 19.0 Å². The van der Waals surface area contributed by atoms with Crippen molar-refractivity contribution in [1.82, 2.24) is 10.2 Å². The van der Waals surface area contributed by atoms with Gasteiger partial charge in [-0.05, 0) is 12.5 Å². The highest BCUT2D eigenvalue weighted by atomic mass is 35.5. The molecule has 0 bridgehead atoms. The number of nitrogens with zero attached hydrogens (tertiary/aromatic N) is 1. The molecule has 0 aliphatic carbocycles. The lowest BCUT2D eigenvalue weighted by atomic mass is 10.0. The van der Waals surface area contributed by atoms with Crippen LogP contribution in [0.4, 0.5) is 0 Å². The van der Waals surface area contributed by atoms with Crippen molar-refractivity contribution in [1.29, 1.82) is 0 Å². The Kier molecular flexibility index (Phi) is 6.92. The van der Waals surface area contributed by atoms with Gasteiger partial charge in [0.1, 0.15) is 5.75 Å². The molecule has 0 aromatic heterocycles. The molecule has 19 heavy (non-hydrogen) atoms. The number of ether oxygens (including phenoxy) is 1. The summed E-state index contributed by atoms with van der Waals surface area (Å²) in [7, 11) is 1.74. The maximum absolute atomic E-state index is 5.48. The third-order valence-electron chi connectivity index (χ3n) is 3.47. The molecule has 1 saturated heterocycles. The molecule has 0 spiro atoms. The zero-order valence-corrected chi connectivity index (χ0v) is 12.3. The average molecular weight is 283 g/mol. The molecule has 1 N–H and O–H groups in total. The van der Waals surface area contributed by atoms with E-state index < -0.39 is 0 Å². The monoisotopic (exact) mass is 282 g/mol. The Labute approximate surface area is 122 Å². The minimum absolute atomic E-state index is 0. The minimum atomic E-state index is 0. The zero-order chi connectivity index (χ0) is 12.8. The molecule has 1 aliphatic rings. The van der Waals surface area contributed by atoms with Crippen LogP contribution in [0.3, 0.4) is 0 Å². The summed E-state index contributed by atoms with van der Waals surface area (Å²) in [4.78, 5) is 2.51. The predicted octanol–water partition coefficient (Wildman–Crippen LogP) is 2.64. The lowest BCUT2D eigenvalue weighted by Crippen LogP contribution is -2.46. The van der Waals surface area contributed by atoms with E-state index in [1.54, 1.807) is 7.11 Å². The van der Waals surface area contributed by atoms with E-state index in [9.17, 15) is 0 Å². The van der Waals surface area contributed by atoms with Crippen molar-refractivity contribution < 1.29 is 4.74 Å². The molecule has 2 rings (SSSR count). The number of rotatable bonds is 5. The largest absolute Gasteiger partial charge is 0.496 e. The smallest absolute Gasteiger partial charge is 0.123 e. The van der Waals surface area contributed by atoms with Crippen molar-refractivity contribution in [3.63, 3.8) is 0 Å². The van der Waals surface area contributed by atoms with Gasteiger partial charge < -0.3 is 10.1 Å². The van der Waals surface area contributed by atoms with Gasteiger partial charge >= 0.3 is 0 Å². The van der Waals surface area contributed by atoms with Crippen LogP contribution in [0, 0.1) is 0 Å². The van der Waals surface area contributed by atoms with Gasteiger partial charge in [0.05, 0.1) is 13.2 Å². The Morgan fingerprint density at radius 2 is 2.26 bits per heavy atom. The van der Waals surface area contributed by atoms with Gasteiger partial charge in [0, 0.05) is 31.7 Å². The maximum Gasteiger partial charge on any atom is 0.123 e. The second kappa shape index (κ2) is 8.20. The van der Waals surface area contributed by atoms with Crippen LogP contribution in [-0.2, 0) is 0 Å². The number of para-hydroxylation sites is 1. The molecule has 3 nitrogen and oxygen atoms in total. The Morgan fingerprint density at radius 1 is 1.47 bits per heavy atom. The standard InChI is InChI=1S/C15H22N2O.ClH/c1-3-4-10-17-11-9-16-12-14(17)13-7-5-6-8-15(13)18-2;/h3,5-8,14,16H,1,4,9-12H2,2H3;1H. The predicted molar refractivity (Wildman–Crippen MR) is 82.2 cm³/mol. The summed E-state index contributed by atoms with van der Waals surface area (Å²) in [5, 5.41) is 3.47. The van der Waals surface area contributed by atoms with Gasteiger partial charge in [-0.3, -0.25) is 4.90 Å². The van der Waals surface area contributed by atoms with Gasteiger partial charge in [-0.1, -0.05) is 24.3 Å². The zero-order valence-electron chi connectivity index (χ0n) is 11.5. The summed E-state index contributed by atoms with van der Waals surface area (Å²) >= 11 is 0. The normalized spacial score (nSPS) is 19.5. The molecule has 1 unspecified atom stereocenters. The Bertz CT molecular complexity index is 397. The fourth-order valence-electron chi connectivity index (χ4n) is 2.52. The lowest BCUT2D eigenvalue weighted by molar-refractivity contribution is 0.162. The number of nitrogens with one attached hydrogen (secondary N) is 1. The van der Waals surface area contributed by atoms with E-state index in [1.165, 1.54) is 5.56 Å². The van der Waals surface area contributed by atoms with E-state index >= 15 is 0 Å². The maximum atomic E-state index is 5.48. The number of methoxy groups -OCH3 is 1. The van der Waals surface area contributed by atoms with E-state index in [0.717, 1.165) is 38.3 Å². The van der Waals surface area contributed by atoms with Crippen LogP contribution < -0.4 is 10.1 Å². The number of hydrogen-bond acceptors (Lipinski definition) is 3. The van der Waals surface area contributed by atoms with Crippen LogP contribution in [0.2, 0.25) is 0 Å². The quantitative estimate of drug-likeness (QED) is 0.841. The lowest BCUT2D eigenvalue weighted by Gasteiger charge is -2.36. The van der Waals surface area contributed by atoms with Crippen molar-refractivity contribution in [2.45, 2.75) is 12.5 Å². The topological polar surface area (TPSA) is 24.5 Å².